The van der Waals surface area contributed by atoms with Gasteiger partial charge in [0.25, 0.3) is 5.69 Å². The number of rotatable bonds is 5. The lowest BCUT2D eigenvalue weighted by molar-refractivity contribution is -0.387. The summed E-state index contributed by atoms with van der Waals surface area (Å²) in [6.45, 7) is 0. The number of benzene rings is 1. The molecular formula is C13H16N2O6S2. The fourth-order valence-corrected chi connectivity index (χ4v) is 6.80. The van der Waals surface area contributed by atoms with Crippen molar-refractivity contribution in [3.8, 4) is 0 Å². The maximum atomic E-state index is 13.0. The summed E-state index contributed by atoms with van der Waals surface area (Å²) in [7, 11) is -7.38. The summed E-state index contributed by atoms with van der Waals surface area (Å²) in [5.74, 6) is -0.267. The molecule has 0 amide bonds. The lowest BCUT2D eigenvalue weighted by atomic mass is 10.2. The van der Waals surface area contributed by atoms with Crippen molar-refractivity contribution >= 4 is 25.5 Å². The molecule has 10 heteroatoms. The predicted molar refractivity (Wildman–Crippen MR) is 82.2 cm³/mol. The largest absolute Gasteiger partial charge is 0.289 e. The lowest BCUT2D eigenvalue weighted by Crippen LogP contribution is -2.42. The number of nitrogens with zero attached hydrogens (tertiary/aromatic N) is 2. The number of sulfone groups is 1. The van der Waals surface area contributed by atoms with Crippen molar-refractivity contribution in [3.63, 3.8) is 0 Å². The summed E-state index contributed by atoms with van der Waals surface area (Å²) in [5.41, 5.74) is -0.487. The van der Waals surface area contributed by atoms with Crippen molar-refractivity contribution in [1.29, 1.82) is 0 Å². The predicted octanol–water partition coefficient (Wildman–Crippen LogP) is 0.935. The standard InChI is InChI=1S/C13H16N2O6S2/c16-15(17)12-3-1-2-4-13(12)23(20,21)14(10-5-6-10)11-7-8-22(18,19)9-11/h1-4,10-11H,5-9H2. The van der Waals surface area contributed by atoms with Gasteiger partial charge in [0.2, 0.25) is 10.0 Å². The first kappa shape index (κ1) is 16.3. The Morgan fingerprint density at radius 3 is 2.30 bits per heavy atom. The maximum Gasteiger partial charge on any atom is 0.289 e. The first-order valence-corrected chi connectivity index (χ1v) is 10.5. The monoisotopic (exact) mass is 360 g/mol. The number of hydrogen-bond donors (Lipinski definition) is 0. The van der Waals surface area contributed by atoms with E-state index in [1.165, 1.54) is 22.5 Å². The van der Waals surface area contributed by atoms with Crippen LogP contribution in [0.15, 0.2) is 29.2 Å². The normalized spacial score (nSPS) is 24.0. The molecule has 1 unspecified atom stereocenters. The van der Waals surface area contributed by atoms with Crippen LogP contribution in [0.3, 0.4) is 0 Å². The Balaban J connectivity index is 2.05. The smallest absolute Gasteiger partial charge is 0.258 e. The van der Waals surface area contributed by atoms with Crippen LogP contribution in [-0.4, -0.2) is 49.7 Å². The van der Waals surface area contributed by atoms with Gasteiger partial charge in [-0.05, 0) is 25.3 Å². The second-order valence-electron chi connectivity index (χ2n) is 5.85. The fourth-order valence-electron chi connectivity index (χ4n) is 2.94. The molecule has 0 aromatic heterocycles. The third-order valence-corrected chi connectivity index (χ3v) is 7.90. The Hall–Kier alpha value is -1.52. The molecule has 1 aromatic carbocycles. The Kier molecular flexibility index (Phi) is 3.93. The molecule has 1 saturated heterocycles. The summed E-state index contributed by atoms with van der Waals surface area (Å²) >= 11 is 0. The van der Waals surface area contributed by atoms with E-state index in [0.717, 1.165) is 6.07 Å². The average molecular weight is 360 g/mol. The van der Waals surface area contributed by atoms with Crippen LogP contribution in [-0.2, 0) is 19.9 Å². The quantitative estimate of drug-likeness (QED) is 0.570. The van der Waals surface area contributed by atoms with E-state index in [1.54, 1.807) is 0 Å². The molecule has 1 aliphatic heterocycles. The minimum Gasteiger partial charge on any atom is -0.258 e. The maximum absolute atomic E-state index is 13.0. The minimum absolute atomic E-state index is 0.0483. The zero-order valence-corrected chi connectivity index (χ0v) is 13.8. The molecule has 0 radical (unpaired) electrons. The van der Waals surface area contributed by atoms with Crippen LogP contribution >= 0.6 is 0 Å². The second kappa shape index (κ2) is 5.53. The molecule has 0 spiro atoms. The van der Waals surface area contributed by atoms with Gasteiger partial charge in [-0.25, -0.2) is 16.8 Å². The van der Waals surface area contributed by atoms with Crippen LogP contribution in [0.2, 0.25) is 0 Å². The van der Waals surface area contributed by atoms with Gasteiger partial charge in [-0.1, -0.05) is 12.1 Å². The number of hydrogen-bond acceptors (Lipinski definition) is 6. The highest BCUT2D eigenvalue weighted by Gasteiger charge is 2.47. The van der Waals surface area contributed by atoms with Crippen molar-refractivity contribution in [3.05, 3.63) is 34.4 Å². The van der Waals surface area contributed by atoms with E-state index in [-0.39, 0.29) is 28.9 Å². The first-order chi connectivity index (χ1) is 10.7. The fraction of sp³-hybridized carbons (Fsp3) is 0.538. The van der Waals surface area contributed by atoms with Crippen LogP contribution in [0.1, 0.15) is 19.3 Å². The van der Waals surface area contributed by atoms with Gasteiger partial charge in [-0.15, -0.1) is 0 Å². The van der Waals surface area contributed by atoms with Gasteiger partial charge in [-0.3, -0.25) is 10.1 Å². The molecule has 0 bridgehead atoms. The van der Waals surface area contributed by atoms with Crippen LogP contribution in [0.25, 0.3) is 0 Å². The van der Waals surface area contributed by atoms with Crippen LogP contribution < -0.4 is 0 Å². The van der Waals surface area contributed by atoms with Gasteiger partial charge in [0.15, 0.2) is 14.7 Å². The van der Waals surface area contributed by atoms with Gasteiger partial charge >= 0.3 is 0 Å². The van der Waals surface area contributed by atoms with Gasteiger partial charge in [-0.2, -0.15) is 4.31 Å². The molecule has 0 N–H and O–H groups in total. The molecule has 1 atom stereocenters. The van der Waals surface area contributed by atoms with Crippen molar-refractivity contribution in [2.75, 3.05) is 11.5 Å². The van der Waals surface area contributed by atoms with Gasteiger partial charge in [0.05, 0.1) is 16.4 Å². The van der Waals surface area contributed by atoms with E-state index in [4.69, 9.17) is 0 Å². The van der Waals surface area contributed by atoms with Crippen molar-refractivity contribution in [2.45, 2.75) is 36.2 Å². The molecule has 1 heterocycles. The Morgan fingerprint density at radius 1 is 1.13 bits per heavy atom. The number of nitro groups is 1. The van der Waals surface area contributed by atoms with Crippen molar-refractivity contribution in [2.24, 2.45) is 0 Å². The van der Waals surface area contributed by atoms with Crippen LogP contribution in [0, 0.1) is 10.1 Å². The number of nitro benzene ring substituents is 1. The molecule has 126 valence electrons. The van der Waals surface area contributed by atoms with Crippen molar-refractivity contribution in [1.82, 2.24) is 4.31 Å². The molecule has 1 saturated carbocycles. The lowest BCUT2D eigenvalue weighted by Gasteiger charge is -2.27. The zero-order valence-electron chi connectivity index (χ0n) is 12.2. The summed E-state index contributed by atoms with van der Waals surface area (Å²) in [5, 5.41) is 11.1. The van der Waals surface area contributed by atoms with Crippen LogP contribution in [0.4, 0.5) is 5.69 Å². The molecule has 23 heavy (non-hydrogen) atoms. The van der Waals surface area contributed by atoms with Gasteiger partial charge < -0.3 is 0 Å². The third kappa shape index (κ3) is 3.10. The van der Waals surface area contributed by atoms with Gasteiger partial charge in [0.1, 0.15) is 0 Å². The molecular weight excluding hydrogens is 344 g/mol. The molecule has 2 aliphatic rings. The van der Waals surface area contributed by atoms with Crippen molar-refractivity contribution < 1.29 is 21.8 Å². The second-order valence-corrected chi connectivity index (χ2v) is 9.89. The molecule has 3 rings (SSSR count). The molecule has 1 aliphatic carbocycles. The van der Waals surface area contributed by atoms with E-state index in [9.17, 15) is 26.9 Å². The van der Waals surface area contributed by atoms with E-state index in [0.29, 0.717) is 12.8 Å². The highest BCUT2D eigenvalue weighted by molar-refractivity contribution is 7.92. The highest BCUT2D eigenvalue weighted by atomic mass is 32.2. The average Bonchev–Trinajstić information content (AvgIpc) is 3.22. The highest BCUT2D eigenvalue weighted by Crippen LogP contribution is 2.38. The summed E-state index contributed by atoms with van der Waals surface area (Å²) in [6, 6.07) is 4.26. The minimum atomic E-state index is -4.12. The zero-order chi connectivity index (χ0) is 16.8. The Morgan fingerprint density at radius 2 is 1.78 bits per heavy atom. The van der Waals surface area contributed by atoms with E-state index >= 15 is 0 Å². The third-order valence-electron chi connectivity index (χ3n) is 4.09. The topological polar surface area (TPSA) is 115 Å². The molecule has 1 aromatic rings. The van der Waals surface area contributed by atoms with Gasteiger partial charge in [0, 0.05) is 18.2 Å². The summed E-state index contributed by atoms with van der Waals surface area (Å²) < 4.78 is 50.5. The molecule has 8 nitrogen and oxygen atoms in total. The Labute approximate surface area is 134 Å². The summed E-state index contributed by atoms with van der Waals surface area (Å²) in [4.78, 5) is 10.0. The Bertz CT molecular complexity index is 845. The SMILES string of the molecule is O=[N+]([O-])c1ccccc1S(=O)(=O)N(C1CC1)C1CCS(=O)(=O)C1. The first-order valence-electron chi connectivity index (χ1n) is 7.20. The summed E-state index contributed by atoms with van der Waals surface area (Å²) in [6.07, 6.45) is 1.53. The van der Waals surface area contributed by atoms with E-state index in [2.05, 4.69) is 0 Å². The number of para-hydroxylation sites is 1. The number of sulfonamides is 1. The van der Waals surface area contributed by atoms with Crippen LogP contribution in [0.5, 0.6) is 0 Å². The van der Waals surface area contributed by atoms with E-state index in [1.807, 2.05) is 0 Å². The van der Waals surface area contributed by atoms with E-state index < -0.39 is 36.5 Å². The molecule has 2 fully saturated rings.